The van der Waals surface area contributed by atoms with Gasteiger partial charge in [0.25, 0.3) is 0 Å². The summed E-state index contributed by atoms with van der Waals surface area (Å²) in [7, 11) is 1.80. The van der Waals surface area contributed by atoms with Crippen molar-refractivity contribution < 1.29 is 13.9 Å². The number of carbonyl (C=O) groups is 1. The van der Waals surface area contributed by atoms with Gasteiger partial charge in [-0.15, -0.1) is 10.2 Å². The number of thioether (sulfide) groups is 1. The van der Waals surface area contributed by atoms with Crippen molar-refractivity contribution in [2.24, 2.45) is 7.05 Å². The van der Waals surface area contributed by atoms with Crippen LogP contribution in [0.1, 0.15) is 12.7 Å². The molecule has 0 spiro atoms. The number of anilines is 1. The quantitative estimate of drug-likeness (QED) is 0.510. The summed E-state index contributed by atoms with van der Waals surface area (Å²) in [6.45, 7) is 1.95. The van der Waals surface area contributed by atoms with E-state index in [1.54, 1.807) is 42.8 Å². The molecule has 152 valence electrons. The number of aromatic nitrogens is 3. The van der Waals surface area contributed by atoms with Crippen LogP contribution in [0.4, 0.5) is 10.1 Å². The molecule has 0 aliphatic rings. The first-order valence-electron chi connectivity index (χ1n) is 8.52. The Hall–Kier alpha value is -2.29. The van der Waals surface area contributed by atoms with E-state index in [0.29, 0.717) is 27.4 Å². The molecule has 1 amide bonds. The number of nitrogens with one attached hydrogen (secondary N) is 1. The molecule has 0 unspecified atom stereocenters. The molecule has 0 aliphatic heterocycles. The summed E-state index contributed by atoms with van der Waals surface area (Å²) in [6.07, 6.45) is 0. The van der Waals surface area contributed by atoms with E-state index in [0.717, 1.165) is 6.07 Å². The molecule has 1 heterocycles. The fraction of sp³-hybridized carbons (Fsp3) is 0.211. The molecule has 1 atom stereocenters. The highest BCUT2D eigenvalue weighted by Gasteiger charge is 2.20. The normalized spacial score (nSPS) is 11.9. The predicted molar refractivity (Wildman–Crippen MR) is 112 cm³/mol. The Bertz CT molecular complexity index is 1010. The van der Waals surface area contributed by atoms with E-state index < -0.39 is 11.1 Å². The van der Waals surface area contributed by atoms with Crippen molar-refractivity contribution in [1.29, 1.82) is 0 Å². The molecule has 0 radical (unpaired) electrons. The second-order valence-corrected chi connectivity index (χ2v) is 8.23. The molecular formula is C19H17Cl2FN4O2S. The number of nitrogens with zero attached hydrogens (tertiary/aromatic N) is 3. The average Bonchev–Trinajstić information content (AvgIpc) is 3.03. The Labute approximate surface area is 181 Å². The zero-order valence-electron chi connectivity index (χ0n) is 15.5. The molecule has 10 heteroatoms. The molecule has 0 saturated heterocycles. The minimum absolute atomic E-state index is 0.135. The number of carbonyl (C=O) groups excluding carboxylic acids is 1. The predicted octanol–water partition coefficient (Wildman–Crippen LogP) is 4.96. The highest BCUT2D eigenvalue weighted by Crippen LogP contribution is 2.26. The van der Waals surface area contributed by atoms with E-state index in [-0.39, 0.29) is 17.5 Å². The van der Waals surface area contributed by atoms with Gasteiger partial charge in [0, 0.05) is 12.1 Å². The first kappa shape index (κ1) is 21.4. The maximum absolute atomic E-state index is 13.1. The highest BCUT2D eigenvalue weighted by molar-refractivity contribution is 8.00. The maximum atomic E-state index is 13.1. The molecule has 3 aromatic rings. The zero-order valence-corrected chi connectivity index (χ0v) is 17.9. The van der Waals surface area contributed by atoms with Crippen molar-refractivity contribution in [3.63, 3.8) is 0 Å². The first-order valence-corrected chi connectivity index (χ1v) is 10.2. The van der Waals surface area contributed by atoms with Crippen LogP contribution in [0.25, 0.3) is 0 Å². The summed E-state index contributed by atoms with van der Waals surface area (Å²) in [5.74, 6) is 0.514. The van der Waals surface area contributed by atoms with E-state index >= 15 is 0 Å². The summed E-state index contributed by atoms with van der Waals surface area (Å²) in [4.78, 5) is 12.4. The van der Waals surface area contributed by atoms with E-state index in [1.807, 2.05) is 0 Å². The van der Waals surface area contributed by atoms with Crippen LogP contribution < -0.4 is 10.1 Å². The van der Waals surface area contributed by atoms with Crippen molar-refractivity contribution in [2.45, 2.75) is 23.9 Å². The van der Waals surface area contributed by atoms with Crippen LogP contribution in [0, 0.1) is 5.82 Å². The molecule has 0 bridgehead atoms. The largest absolute Gasteiger partial charge is 0.486 e. The number of amides is 1. The number of hydrogen-bond donors (Lipinski definition) is 1. The minimum Gasteiger partial charge on any atom is -0.486 e. The summed E-state index contributed by atoms with van der Waals surface area (Å²) in [5, 5.41) is 11.8. The monoisotopic (exact) mass is 454 g/mol. The van der Waals surface area contributed by atoms with Gasteiger partial charge in [0.1, 0.15) is 18.2 Å². The van der Waals surface area contributed by atoms with Gasteiger partial charge in [-0.25, -0.2) is 4.39 Å². The lowest BCUT2D eigenvalue weighted by Gasteiger charge is -2.12. The Kier molecular flexibility index (Phi) is 7.00. The molecule has 0 saturated carbocycles. The SMILES string of the molecule is C[C@@H](Sc1nnc(COc2ccc(Cl)cc2)n1C)C(=O)Nc1ccc(F)cc1Cl. The van der Waals surface area contributed by atoms with Crippen LogP contribution in [0.15, 0.2) is 47.6 Å². The third-order valence-electron chi connectivity index (χ3n) is 3.95. The molecule has 0 aliphatic carbocycles. The van der Waals surface area contributed by atoms with Gasteiger partial charge in [0.2, 0.25) is 5.91 Å². The third-order valence-corrected chi connectivity index (χ3v) is 5.65. The van der Waals surface area contributed by atoms with Crippen molar-refractivity contribution >= 4 is 46.6 Å². The Morgan fingerprint density at radius 2 is 1.97 bits per heavy atom. The molecule has 29 heavy (non-hydrogen) atoms. The van der Waals surface area contributed by atoms with Gasteiger partial charge in [0.15, 0.2) is 11.0 Å². The fourth-order valence-electron chi connectivity index (χ4n) is 2.29. The van der Waals surface area contributed by atoms with E-state index in [4.69, 9.17) is 27.9 Å². The molecule has 6 nitrogen and oxygen atoms in total. The van der Waals surface area contributed by atoms with E-state index in [1.165, 1.54) is 23.9 Å². The van der Waals surface area contributed by atoms with Crippen molar-refractivity contribution in [2.75, 3.05) is 5.32 Å². The maximum Gasteiger partial charge on any atom is 0.237 e. The Morgan fingerprint density at radius 1 is 1.24 bits per heavy atom. The van der Waals surface area contributed by atoms with Crippen LogP contribution in [0.5, 0.6) is 5.75 Å². The summed E-state index contributed by atoms with van der Waals surface area (Å²) < 4.78 is 20.6. The first-order chi connectivity index (χ1) is 13.8. The van der Waals surface area contributed by atoms with Crippen LogP contribution in [-0.4, -0.2) is 25.9 Å². The van der Waals surface area contributed by atoms with Gasteiger partial charge >= 0.3 is 0 Å². The lowest BCUT2D eigenvalue weighted by molar-refractivity contribution is -0.115. The number of rotatable bonds is 7. The fourth-order valence-corrected chi connectivity index (χ4v) is 3.46. The van der Waals surface area contributed by atoms with Gasteiger partial charge in [-0.1, -0.05) is 35.0 Å². The van der Waals surface area contributed by atoms with Crippen molar-refractivity contribution in [3.8, 4) is 5.75 Å². The van der Waals surface area contributed by atoms with Crippen molar-refractivity contribution in [3.05, 3.63) is 64.2 Å². The molecule has 1 aromatic heterocycles. The summed E-state index contributed by atoms with van der Waals surface area (Å²) in [5.41, 5.74) is 0.348. The van der Waals surface area contributed by atoms with Gasteiger partial charge in [-0.3, -0.25) is 4.79 Å². The van der Waals surface area contributed by atoms with Gasteiger partial charge < -0.3 is 14.6 Å². The molecule has 0 fully saturated rings. The van der Waals surface area contributed by atoms with Crippen LogP contribution in [0.2, 0.25) is 10.0 Å². The molecule has 1 N–H and O–H groups in total. The van der Waals surface area contributed by atoms with E-state index in [9.17, 15) is 9.18 Å². The average molecular weight is 455 g/mol. The topological polar surface area (TPSA) is 69.0 Å². The van der Waals surface area contributed by atoms with Gasteiger partial charge in [0.05, 0.1) is 16.0 Å². The lowest BCUT2D eigenvalue weighted by Crippen LogP contribution is -2.23. The van der Waals surface area contributed by atoms with Crippen LogP contribution >= 0.6 is 35.0 Å². The number of halogens is 3. The Balaban J connectivity index is 1.59. The number of benzene rings is 2. The second kappa shape index (κ2) is 9.47. The summed E-state index contributed by atoms with van der Waals surface area (Å²) in [6, 6.07) is 10.8. The van der Waals surface area contributed by atoms with E-state index in [2.05, 4.69) is 15.5 Å². The molecule has 2 aromatic carbocycles. The minimum atomic E-state index is -0.482. The third kappa shape index (κ3) is 5.62. The second-order valence-electron chi connectivity index (χ2n) is 6.07. The number of hydrogen-bond acceptors (Lipinski definition) is 5. The Morgan fingerprint density at radius 3 is 2.66 bits per heavy atom. The smallest absolute Gasteiger partial charge is 0.237 e. The van der Waals surface area contributed by atoms with Gasteiger partial charge in [-0.05, 0) is 49.4 Å². The van der Waals surface area contributed by atoms with Gasteiger partial charge in [-0.2, -0.15) is 0 Å². The van der Waals surface area contributed by atoms with Crippen molar-refractivity contribution in [1.82, 2.24) is 14.8 Å². The lowest BCUT2D eigenvalue weighted by atomic mass is 10.3. The van der Waals surface area contributed by atoms with Crippen LogP contribution in [0.3, 0.4) is 0 Å². The highest BCUT2D eigenvalue weighted by atomic mass is 35.5. The molecular weight excluding hydrogens is 438 g/mol. The number of ether oxygens (including phenoxy) is 1. The summed E-state index contributed by atoms with van der Waals surface area (Å²) >= 11 is 13.0. The molecule has 3 rings (SSSR count). The van der Waals surface area contributed by atoms with Crippen LogP contribution in [-0.2, 0) is 18.4 Å². The zero-order chi connectivity index (χ0) is 21.0. The standard InChI is InChI=1S/C19H17Cl2FN4O2S/c1-11(18(27)23-16-8-5-13(22)9-15(16)21)29-19-25-24-17(26(19)2)10-28-14-6-3-12(20)4-7-14/h3-9,11H,10H2,1-2H3,(H,23,27)/t11-/m1/s1.